The van der Waals surface area contributed by atoms with E-state index in [0.717, 1.165) is 0 Å². The standard InChI is InChI=1S/C17H10FNOS/c18-15-8-7-13(11-4-1-2-5-12(11)15)17(20)14(10-19)16-6-3-9-21-16/h1-9,14H. The van der Waals surface area contributed by atoms with Gasteiger partial charge in [-0.1, -0.05) is 30.3 Å². The number of thiophene rings is 1. The summed E-state index contributed by atoms with van der Waals surface area (Å²) in [5, 5.41) is 12.1. The largest absolute Gasteiger partial charge is 0.292 e. The number of halogens is 1. The number of nitriles is 1. The minimum atomic E-state index is -0.848. The van der Waals surface area contributed by atoms with Crippen LogP contribution in [0.2, 0.25) is 0 Å². The van der Waals surface area contributed by atoms with Crippen LogP contribution in [0, 0.1) is 17.1 Å². The normalized spacial score (nSPS) is 12.0. The van der Waals surface area contributed by atoms with Crippen molar-refractivity contribution in [3.8, 4) is 6.07 Å². The molecule has 1 heterocycles. The molecule has 0 fully saturated rings. The maximum absolute atomic E-state index is 13.8. The van der Waals surface area contributed by atoms with Crippen LogP contribution < -0.4 is 0 Å². The molecule has 3 rings (SSSR count). The molecule has 2 nitrogen and oxygen atoms in total. The number of nitrogens with zero attached hydrogens (tertiary/aromatic N) is 1. The van der Waals surface area contributed by atoms with E-state index in [2.05, 4.69) is 0 Å². The second-order valence-electron chi connectivity index (χ2n) is 4.58. The van der Waals surface area contributed by atoms with Gasteiger partial charge < -0.3 is 0 Å². The molecular formula is C17H10FNOS. The third-order valence-electron chi connectivity index (χ3n) is 3.36. The number of carbonyl (C=O) groups excluding carboxylic acids is 1. The van der Waals surface area contributed by atoms with Gasteiger partial charge in [-0.2, -0.15) is 5.26 Å². The molecule has 0 spiro atoms. The first-order valence-electron chi connectivity index (χ1n) is 6.37. The summed E-state index contributed by atoms with van der Waals surface area (Å²) in [5.74, 6) is -1.51. The molecule has 0 aliphatic rings. The molecule has 0 radical (unpaired) electrons. The summed E-state index contributed by atoms with van der Waals surface area (Å²) in [5.41, 5.74) is 0.381. The smallest absolute Gasteiger partial charge is 0.185 e. The number of hydrogen-bond donors (Lipinski definition) is 0. The van der Waals surface area contributed by atoms with Gasteiger partial charge in [0.25, 0.3) is 0 Å². The fourth-order valence-electron chi connectivity index (χ4n) is 2.34. The van der Waals surface area contributed by atoms with Gasteiger partial charge >= 0.3 is 0 Å². The molecule has 0 N–H and O–H groups in total. The average Bonchev–Trinajstić information content (AvgIpc) is 3.03. The van der Waals surface area contributed by atoms with Crippen LogP contribution in [0.5, 0.6) is 0 Å². The van der Waals surface area contributed by atoms with Crippen LogP contribution in [0.4, 0.5) is 4.39 Å². The van der Waals surface area contributed by atoms with Crippen LogP contribution in [0.3, 0.4) is 0 Å². The first kappa shape index (κ1) is 13.5. The molecule has 1 aromatic heterocycles. The molecule has 0 aliphatic heterocycles. The lowest BCUT2D eigenvalue weighted by Gasteiger charge is -2.09. The number of benzene rings is 2. The number of rotatable bonds is 3. The Kier molecular flexibility index (Phi) is 3.51. The molecule has 102 valence electrons. The highest BCUT2D eigenvalue weighted by Gasteiger charge is 2.24. The topological polar surface area (TPSA) is 40.9 Å². The van der Waals surface area contributed by atoms with E-state index in [9.17, 15) is 14.4 Å². The fraction of sp³-hybridized carbons (Fsp3) is 0.0588. The first-order chi connectivity index (χ1) is 10.2. The number of carbonyl (C=O) groups is 1. The molecule has 0 saturated carbocycles. The van der Waals surface area contributed by atoms with Gasteiger partial charge in [0.05, 0.1) is 6.07 Å². The van der Waals surface area contributed by atoms with Gasteiger partial charge in [0.2, 0.25) is 0 Å². The number of Topliss-reactive ketones (excluding diaryl/α,β-unsaturated/α-hetero) is 1. The van der Waals surface area contributed by atoms with Crippen molar-refractivity contribution in [2.45, 2.75) is 5.92 Å². The summed E-state index contributed by atoms with van der Waals surface area (Å²) in [7, 11) is 0. The Morgan fingerprint density at radius 1 is 1.10 bits per heavy atom. The van der Waals surface area contributed by atoms with E-state index in [1.54, 1.807) is 36.4 Å². The molecule has 1 atom stereocenters. The van der Waals surface area contributed by atoms with E-state index in [0.29, 0.717) is 21.2 Å². The minimum Gasteiger partial charge on any atom is -0.292 e. The van der Waals surface area contributed by atoms with E-state index in [-0.39, 0.29) is 11.6 Å². The van der Waals surface area contributed by atoms with Gasteiger partial charge in [0.15, 0.2) is 5.78 Å². The number of fused-ring (bicyclic) bond motifs is 1. The van der Waals surface area contributed by atoms with E-state index in [1.165, 1.54) is 23.5 Å². The van der Waals surface area contributed by atoms with Gasteiger partial charge in [0.1, 0.15) is 11.7 Å². The predicted octanol–water partition coefficient (Wildman–Crippen LogP) is 4.53. The van der Waals surface area contributed by atoms with Crippen molar-refractivity contribution in [2.24, 2.45) is 0 Å². The quantitative estimate of drug-likeness (QED) is 0.666. The third kappa shape index (κ3) is 2.32. The molecule has 0 bridgehead atoms. The van der Waals surface area contributed by atoms with Crippen LogP contribution in [-0.4, -0.2) is 5.78 Å². The monoisotopic (exact) mass is 295 g/mol. The molecule has 21 heavy (non-hydrogen) atoms. The zero-order chi connectivity index (χ0) is 14.8. The molecule has 0 aliphatic carbocycles. The van der Waals surface area contributed by atoms with Crippen LogP contribution in [0.15, 0.2) is 53.9 Å². The van der Waals surface area contributed by atoms with Crippen molar-refractivity contribution in [3.05, 3.63) is 70.2 Å². The Balaban J connectivity index is 2.15. The summed E-state index contributed by atoms with van der Waals surface area (Å²) >= 11 is 1.37. The fourth-order valence-corrected chi connectivity index (χ4v) is 3.11. The highest BCUT2D eigenvalue weighted by Crippen LogP contribution is 2.29. The summed E-state index contributed by atoms with van der Waals surface area (Å²) in [6.07, 6.45) is 0. The summed E-state index contributed by atoms with van der Waals surface area (Å²) in [4.78, 5) is 13.4. The van der Waals surface area contributed by atoms with Gasteiger partial charge in [-0.25, -0.2) is 4.39 Å². The van der Waals surface area contributed by atoms with Crippen molar-refractivity contribution in [2.75, 3.05) is 0 Å². The van der Waals surface area contributed by atoms with Crippen molar-refractivity contribution in [1.82, 2.24) is 0 Å². The van der Waals surface area contributed by atoms with Crippen LogP contribution in [0.25, 0.3) is 10.8 Å². The van der Waals surface area contributed by atoms with E-state index >= 15 is 0 Å². The molecule has 0 amide bonds. The van der Waals surface area contributed by atoms with Crippen molar-refractivity contribution >= 4 is 27.9 Å². The molecule has 4 heteroatoms. The van der Waals surface area contributed by atoms with Crippen LogP contribution >= 0.6 is 11.3 Å². The summed E-state index contributed by atoms with van der Waals surface area (Å²) in [6.45, 7) is 0. The van der Waals surface area contributed by atoms with Gasteiger partial charge in [-0.15, -0.1) is 11.3 Å². The van der Waals surface area contributed by atoms with E-state index in [4.69, 9.17) is 0 Å². The average molecular weight is 295 g/mol. The van der Waals surface area contributed by atoms with Crippen molar-refractivity contribution < 1.29 is 9.18 Å². The lowest BCUT2D eigenvalue weighted by Crippen LogP contribution is -2.10. The van der Waals surface area contributed by atoms with Crippen LogP contribution in [0.1, 0.15) is 21.2 Å². The Hall–Kier alpha value is -2.51. The highest BCUT2D eigenvalue weighted by atomic mass is 32.1. The molecule has 1 unspecified atom stereocenters. The zero-order valence-electron chi connectivity index (χ0n) is 10.9. The maximum atomic E-state index is 13.8. The van der Waals surface area contributed by atoms with E-state index in [1.807, 2.05) is 11.4 Å². The Morgan fingerprint density at radius 3 is 2.52 bits per heavy atom. The molecule has 3 aromatic rings. The molecule has 0 saturated heterocycles. The van der Waals surface area contributed by atoms with Crippen molar-refractivity contribution in [3.63, 3.8) is 0 Å². The van der Waals surface area contributed by atoms with E-state index < -0.39 is 5.92 Å². The third-order valence-corrected chi connectivity index (χ3v) is 4.29. The van der Waals surface area contributed by atoms with Gasteiger partial charge in [-0.3, -0.25) is 4.79 Å². The van der Waals surface area contributed by atoms with Gasteiger partial charge in [0, 0.05) is 15.8 Å². The lowest BCUT2D eigenvalue weighted by molar-refractivity contribution is 0.0981. The predicted molar refractivity (Wildman–Crippen MR) is 80.9 cm³/mol. The van der Waals surface area contributed by atoms with Gasteiger partial charge in [-0.05, 0) is 29.0 Å². The Morgan fingerprint density at radius 2 is 1.86 bits per heavy atom. The second-order valence-corrected chi connectivity index (χ2v) is 5.56. The highest BCUT2D eigenvalue weighted by molar-refractivity contribution is 7.10. The molecule has 2 aromatic carbocycles. The molecular weight excluding hydrogens is 285 g/mol. The zero-order valence-corrected chi connectivity index (χ0v) is 11.7. The second kappa shape index (κ2) is 5.47. The van der Waals surface area contributed by atoms with Crippen LogP contribution in [-0.2, 0) is 0 Å². The Labute approximate surface area is 125 Å². The minimum absolute atomic E-state index is 0.295. The first-order valence-corrected chi connectivity index (χ1v) is 7.25. The SMILES string of the molecule is N#CC(C(=O)c1ccc(F)c2ccccc12)c1cccs1. The summed E-state index contributed by atoms with van der Waals surface area (Å²) in [6, 6.07) is 15.2. The number of hydrogen-bond acceptors (Lipinski definition) is 3. The lowest BCUT2D eigenvalue weighted by atomic mass is 9.93. The van der Waals surface area contributed by atoms with Crippen molar-refractivity contribution in [1.29, 1.82) is 5.26 Å². The summed E-state index contributed by atoms with van der Waals surface area (Å²) < 4.78 is 13.8. The Bertz CT molecular complexity index is 849. The maximum Gasteiger partial charge on any atom is 0.185 e. The number of ketones is 1.